The van der Waals surface area contributed by atoms with Gasteiger partial charge >= 0.3 is 0 Å². The Morgan fingerprint density at radius 1 is 1.20 bits per heavy atom. The Morgan fingerprint density at radius 3 is 2.56 bits per heavy atom. The summed E-state index contributed by atoms with van der Waals surface area (Å²) in [5, 5.41) is 15.9. The van der Waals surface area contributed by atoms with Gasteiger partial charge in [-0.25, -0.2) is 8.78 Å². The van der Waals surface area contributed by atoms with Crippen LogP contribution in [0.3, 0.4) is 0 Å². The summed E-state index contributed by atoms with van der Waals surface area (Å²) in [6.07, 6.45) is 1.60. The first kappa shape index (κ1) is 16.7. The maximum Gasteiger partial charge on any atom is 0.273 e. The topological polar surface area (TPSA) is 88.2 Å². The second-order valence-electron chi connectivity index (χ2n) is 5.17. The molecule has 1 unspecified atom stereocenters. The molecule has 0 radical (unpaired) electrons. The summed E-state index contributed by atoms with van der Waals surface area (Å²) in [7, 11) is 0. The maximum absolute atomic E-state index is 13.6. The minimum Gasteiger partial charge on any atom is -0.386 e. The van der Waals surface area contributed by atoms with Crippen molar-refractivity contribution < 1.29 is 23.2 Å². The fourth-order valence-electron chi connectivity index (χ4n) is 2.25. The molecule has 0 spiro atoms. The summed E-state index contributed by atoms with van der Waals surface area (Å²) in [6.45, 7) is -0.381. The molecular formula is C17H13F2N3O3. The van der Waals surface area contributed by atoms with Crippen molar-refractivity contribution in [2.45, 2.75) is 6.10 Å². The number of aromatic nitrogens is 2. The van der Waals surface area contributed by atoms with E-state index in [2.05, 4.69) is 15.5 Å². The number of hydrogen-bond acceptors (Lipinski definition) is 5. The molecule has 0 aliphatic rings. The number of aliphatic hydroxyl groups excluding tert-OH is 1. The highest BCUT2D eigenvalue weighted by molar-refractivity contribution is 5.93. The van der Waals surface area contributed by atoms with Gasteiger partial charge in [-0.3, -0.25) is 9.78 Å². The zero-order chi connectivity index (χ0) is 17.8. The molecule has 0 aliphatic carbocycles. The van der Waals surface area contributed by atoms with E-state index in [1.54, 1.807) is 24.5 Å². The van der Waals surface area contributed by atoms with Crippen molar-refractivity contribution >= 4 is 5.91 Å². The number of halogens is 2. The van der Waals surface area contributed by atoms with Crippen LogP contribution in [0.15, 0.2) is 53.3 Å². The maximum atomic E-state index is 13.6. The average Bonchev–Trinajstić information content (AvgIpc) is 3.10. The van der Waals surface area contributed by atoms with Crippen LogP contribution in [0.5, 0.6) is 0 Å². The van der Waals surface area contributed by atoms with Crippen molar-refractivity contribution in [2.75, 3.05) is 6.54 Å². The Bertz CT molecular complexity index is 864. The monoisotopic (exact) mass is 345 g/mol. The summed E-state index contributed by atoms with van der Waals surface area (Å²) in [5.41, 5.74) is 0.170. The zero-order valence-corrected chi connectivity index (χ0v) is 12.8. The molecule has 8 heteroatoms. The van der Waals surface area contributed by atoms with Crippen LogP contribution in [-0.2, 0) is 0 Å². The number of nitrogens with zero attached hydrogens (tertiary/aromatic N) is 2. The van der Waals surface area contributed by atoms with Gasteiger partial charge in [-0.15, -0.1) is 0 Å². The molecule has 3 rings (SSSR count). The molecule has 25 heavy (non-hydrogen) atoms. The molecule has 0 saturated carbocycles. The number of aliphatic hydroxyl groups is 1. The van der Waals surface area contributed by atoms with E-state index in [1.165, 1.54) is 12.1 Å². The molecule has 1 amide bonds. The van der Waals surface area contributed by atoms with Crippen LogP contribution < -0.4 is 5.32 Å². The van der Waals surface area contributed by atoms with E-state index in [4.69, 9.17) is 4.52 Å². The first-order valence-corrected chi connectivity index (χ1v) is 7.33. The minimum atomic E-state index is -1.53. The van der Waals surface area contributed by atoms with E-state index < -0.39 is 29.2 Å². The Kier molecular flexibility index (Phi) is 4.80. The normalized spacial score (nSPS) is 12.0. The highest BCUT2D eigenvalue weighted by atomic mass is 19.1. The van der Waals surface area contributed by atoms with E-state index >= 15 is 0 Å². The number of amides is 1. The van der Waals surface area contributed by atoms with Crippen molar-refractivity contribution in [3.8, 4) is 11.3 Å². The Balaban J connectivity index is 1.66. The molecule has 2 heterocycles. The predicted octanol–water partition coefficient (Wildman–Crippen LogP) is 2.48. The lowest BCUT2D eigenvalue weighted by atomic mass is 10.1. The lowest BCUT2D eigenvalue weighted by molar-refractivity contribution is 0.0902. The average molecular weight is 345 g/mol. The third kappa shape index (κ3) is 3.69. The van der Waals surface area contributed by atoms with Crippen molar-refractivity contribution in [3.05, 3.63) is 71.7 Å². The van der Waals surface area contributed by atoms with Crippen LogP contribution in [0.25, 0.3) is 11.3 Å². The molecule has 6 nitrogen and oxygen atoms in total. The summed E-state index contributed by atoms with van der Waals surface area (Å²) >= 11 is 0. The van der Waals surface area contributed by atoms with Crippen LogP contribution in [0.1, 0.15) is 22.2 Å². The number of benzene rings is 1. The fraction of sp³-hybridized carbons (Fsp3) is 0.118. The van der Waals surface area contributed by atoms with E-state index in [-0.39, 0.29) is 12.2 Å². The quantitative estimate of drug-likeness (QED) is 0.742. The largest absolute Gasteiger partial charge is 0.386 e. The van der Waals surface area contributed by atoms with Gasteiger partial charge in [-0.1, -0.05) is 11.2 Å². The van der Waals surface area contributed by atoms with Crippen LogP contribution in [0, 0.1) is 11.6 Å². The number of pyridine rings is 1. The molecule has 128 valence electrons. The Hall–Kier alpha value is -3.13. The van der Waals surface area contributed by atoms with Crippen molar-refractivity contribution in [2.24, 2.45) is 0 Å². The first-order chi connectivity index (χ1) is 12.1. The van der Waals surface area contributed by atoms with Gasteiger partial charge in [0.05, 0.1) is 5.56 Å². The van der Waals surface area contributed by atoms with Crippen LogP contribution in [0.4, 0.5) is 8.78 Å². The molecule has 0 bridgehead atoms. The second kappa shape index (κ2) is 7.18. The van der Waals surface area contributed by atoms with E-state index in [0.717, 1.165) is 12.1 Å². The summed E-state index contributed by atoms with van der Waals surface area (Å²) < 4.78 is 32.3. The number of hydrogen-bond donors (Lipinski definition) is 2. The van der Waals surface area contributed by atoms with Gasteiger partial charge < -0.3 is 14.9 Å². The second-order valence-corrected chi connectivity index (χ2v) is 5.17. The van der Waals surface area contributed by atoms with Gasteiger partial charge in [0.15, 0.2) is 11.5 Å². The molecule has 0 saturated heterocycles. The fourth-order valence-corrected chi connectivity index (χ4v) is 2.25. The van der Waals surface area contributed by atoms with Crippen LogP contribution in [-0.4, -0.2) is 27.7 Å². The molecule has 2 N–H and O–H groups in total. The van der Waals surface area contributed by atoms with E-state index in [0.29, 0.717) is 11.3 Å². The molecule has 2 aromatic heterocycles. The van der Waals surface area contributed by atoms with Crippen molar-refractivity contribution in [1.29, 1.82) is 0 Å². The Labute approximate surface area is 141 Å². The van der Waals surface area contributed by atoms with Gasteiger partial charge in [0.25, 0.3) is 5.91 Å². The standard InChI is InChI=1S/C17H13F2N3O3/c18-11-2-1-3-12(19)16(11)14(23)9-21-17(24)13-8-15(25-22-13)10-4-6-20-7-5-10/h1-8,14,23H,9H2,(H,21,24). The van der Waals surface area contributed by atoms with Gasteiger partial charge in [0.1, 0.15) is 17.7 Å². The summed E-state index contributed by atoms with van der Waals surface area (Å²) in [6, 6.07) is 8.04. The summed E-state index contributed by atoms with van der Waals surface area (Å²) in [5.74, 6) is -2.04. The van der Waals surface area contributed by atoms with E-state index in [1.807, 2.05) is 0 Å². The minimum absolute atomic E-state index is 0.0204. The zero-order valence-electron chi connectivity index (χ0n) is 12.8. The third-order valence-corrected chi connectivity index (χ3v) is 3.50. The number of rotatable bonds is 5. The first-order valence-electron chi connectivity index (χ1n) is 7.33. The van der Waals surface area contributed by atoms with Crippen molar-refractivity contribution in [1.82, 2.24) is 15.5 Å². The molecule has 1 aromatic carbocycles. The summed E-state index contributed by atoms with van der Waals surface area (Å²) in [4.78, 5) is 15.9. The highest BCUT2D eigenvalue weighted by Crippen LogP contribution is 2.21. The van der Waals surface area contributed by atoms with Crippen LogP contribution >= 0.6 is 0 Å². The third-order valence-electron chi connectivity index (χ3n) is 3.50. The van der Waals surface area contributed by atoms with Gasteiger partial charge in [0.2, 0.25) is 0 Å². The SMILES string of the molecule is O=C(NCC(O)c1c(F)cccc1F)c1cc(-c2ccncc2)on1. The lowest BCUT2D eigenvalue weighted by Crippen LogP contribution is -2.29. The molecule has 0 fully saturated rings. The smallest absolute Gasteiger partial charge is 0.273 e. The van der Waals surface area contributed by atoms with Gasteiger partial charge in [0, 0.05) is 30.6 Å². The number of nitrogens with one attached hydrogen (secondary N) is 1. The molecule has 0 aliphatic heterocycles. The molecule has 3 aromatic rings. The molecule has 1 atom stereocenters. The van der Waals surface area contributed by atoms with Crippen molar-refractivity contribution in [3.63, 3.8) is 0 Å². The van der Waals surface area contributed by atoms with Crippen LogP contribution in [0.2, 0.25) is 0 Å². The highest BCUT2D eigenvalue weighted by Gasteiger charge is 2.20. The predicted molar refractivity (Wildman–Crippen MR) is 83.4 cm³/mol. The Morgan fingerprint density at radius 2 is 1.88 bits per heavy atom. The molecular weight excluding hydrogens is 332 g/mol. The number of carbonyl (C=O) groups is 1. The van der Waals surface area contributed by atoms with Gasteiger partial charge in [-0.05, 0) is 24.3 Å². The number of carbonyl (C=O) groups excluding carboxylic acids is 1. The van der Waals surface area contributed by atoms with Gasteiger partial charge in [-0.2, -0.15) is 0 Å². The van der Waals surface area contributed by atoms with E-state index in [9.17, 15) is 18.7 Å². The lowest BCUT2D eigenvalue weighted by Gasteiger charge is -2.13.